The van der Waals surface area contributed by atoms with Gasteiger partial charge in [0.2, 0.25) is 0 Å². The van der Waals surface area contributed by atoms with Gasteiger partial charge in [0.05, 0.1) is 20.8 Å². The van der Waals surface area contributed by atoms with Crippen molar-refractivity contribution in [3.63, 3.8) is 0 Å². The van der Waals surface area contributed by atoms with Crippen molar-refractivity contribution in [1.29, 1.82) is 0 Å². The van der Waals surface area contributed by atoms with Crippen molar-refractivity contribution in [3.05, 3.63) is 69.8 Å². The Hall–Kier alpha value is -2.70. The number of anilines is 1. The summed E-state index contributed by atoms with van der Waals surface area (Å²) in [5.74, 6) is 0.610. The molecule has 0 bridgehead atoms. The molecule has 0 spiro atoms. The molecule has 0 atom stereocenters. The number of nitrogens with one attached hydrogen (secondary N) is 1. The quantitative estimate of drug-likeness (QED) is 0.655. The van der Waals surface area contributed by atoms with E-state index in [-0.39, 0.29) is 11.4 Å². The van der Waals surface area contributed by atoms with E-state index in [1.54, 1.807) is 41.2 Å². The smallest absolute Gasteiger partial charge is 0.264 e. The van der Waals surface area contributed by atoms with Gasteiger partial charge < -0.3 is 14.8 Å². The molecule has 0 fully saturated rings. The highest BCUT2D eigenvalue weighted by Gasteiger charge is 2.20. The van der Waals surface area contributed by atoms with Crippen molar-refractivity contribution >= 4 is 34.9 Å². The van der Waals surface area contributed by atoms with Crippen LogP contribution >= 0.6 is 23.2 Å². The van der Waals surface area contributed by atoms with E-state index in [9.17, 15) is 4.79 Å². The molecule has 0 saturated heterocycles. The van der Waals surface area contributed by atoms with Gasteiger partial charge in [0.25, 0.3) is 5.91 Å². The maximum Gasteiger partial charge on any atom is 0.264 e. The van der Waals surface area contributed by atoms with E-state index in [0.717, 1.165) is 5.56 Å². The zero-order valence-corrected chi connectivity index (χ0v) is 16.2. The Kier molecular flexibility index (Phi) is 5.88. The second kappa shape index (κ2) is 8.33. The lowest BCUT2D eigenvalue weighted by Gasteiger charge is -2.12. The monoisotopic (exact) mass is 405 g/mol. The molecular weight excluding hydrogens is 389 g/mol. The Morgan fingerprint density at radius 1 is 1.07 bits per heavy atom. The van der Waals surface area contributed by atoms with E-state index >= 15 is 0 Å². The second-order valence-corrected chi connectivity index (χ2v) is 6.48. The van der Waals surface area contributed by atoms with Crippen molar-refractivity contribution in [3.8, 4) is 11.5 Å². The summed E-state index contributed by atoms with van der Waals surface area (Å²) in [6.07, 6.45) is 1.64. The molecule has 0 radical (unpaired) electrons. The Bertz CT molecular complexity index is 933. The molecule has 6 nitrogen and oxygen atoms in total. The number of nitrogens with zero attached hydrogens (tertiary/aromatic N) is 2. The zero-order valence-electron chi connectivity index (χ0n) is 14.7. The van der Waals surface area contributed by atoms with Crippen LogP contribution in [0.3, 0.4) is 0 Å². The Morgan fingerprint density at radius 3 is 2.30 bits per heavy atom. The topological polar surface area (TPSA) is 65.4 Å². The molecule has 0 aliphatic heterocycles. The van der Waals surface area contributed by atoms with Crippen LogP contribution in [0.4, 0.5) is 5.82 Å². The third kappa shape index (κ3) is 4.35. The third-order valence-corrected chi connectivity index (χ3v) is 4.39. The zero-order chi connectivity index (χ0) is 19.4. The summed E-state index contributed by atoms with van der Waals surface area (Å²) in [5.41, 5.74) is 1.27. The predicted molar refractivity (Wildman–Crippen MR) is 105 cm³/mol. The average molecular weight is 406 g/mol. The Labute approximate surface area is 166 Å². The maximum atomic E-state index is 12.7. The first kappa shape index (κ1) is 19.1. The lowest BCUT2D eigenvalue weighted by atomic mass is 10.1. The lowest BCUT2D eigenvalue weighted by Crippen LogP contribution is -2.15. The summed E-state index contributed by atoms with van der Waals surface area (Å²) in [6, 6.07) is 12.5. The number of carbonyl (C=O) groups excluding carboxylic acids is 1. The van der Waals surface area contributed by atoms with Crippen molar-refractivity contribution in [2.45, 2.75) is 6.54 Å². The molecule has 1 aromatic heterocycles. The molecule has 27 heavy (non-hydrogen) atoms. The van der Waals surface area contributed by atoms with Gasteiger partial charge in [-0.25, -0.2) is 0 Å². The number of halogens is 2. The molecule has 140 valence electrons. The maximum absolute atomic E-state index is 12.7. The highest BCUT2D eigenvalue weighted by atomic mass is 35.5. The minimum absolute atomic E-state index is 0.253. The molecule has 1 amide bonds. The first-order valence-electron chi connectivity index (χ1n) is 8.01. The van der Waals surface area contributed by atoms with Crippen molar-refractivity contribution in [1.82, 2.24) is 9.78 Å². The minimum atomic E-state index is -0.428. The van der Waals surface area contributed by atoms with Gasteiger partial charge >= 0.3 is 0 Å². The van der Waals surface area contributed by atoms with Gasteiger partial charge in [0.1, 0.15) is 22.1 Å². The van der Waals surface area contributed by atoms with Crippen LogP contribution in [-0.2, 0) is 6.54 Å². The molecule has 3 aromatic rings. The van der Waals surface area contributed by atoms with E-state index in [4.69, 9.17) is 32.7 Å². The molecule has 1 N–H and O–H groups in total. The molecule has 8 heteroatoms. The molecule has 0 saturated carbocycles. The van der Waals surface area contributed by atoms with Gasteiger partial charge in [-0.15, -0.1) is 0 Å². The Balaban J connectivity index is 1.81. The van der Waals surface area contributed by atoms with Crippen LogP contribution in [0, 0.1) is 0 Å². The fourth-order valence-electron chi connectivity index (χ4n) is 2.58. The summed E-state index contributed by atoms with van der Waals surface area (Å²) in [7, 11) is 2.97. The van der Waals surface area contributed by atoms with E-state index in [1.165, 1.54) is 14.2 Å². The molecule has 0 aliphatic carbocycles. The summed E-state index contributed by atoms with van der Waals surface area (Å²) in [6.45, 7) is 0.491. The van der Waals surface area contributed by atoms with Gasteiger partial charge in [-0.3, -0.25) is 9.48 Å². The van der Waals surface area contributed by atoms with Crippen molar-refractivity contribution < 1.29 is 14.3 Å². The predicted octanol–water partition coefficient (Wildman–Crippen LogP) is 4.51. The van der Waals surface area contributed by atoms with Gasteiger partial charge in [-0.1, -0.05) is 41.4 Å². The van der Waals surface area contributed by atoms with Gasteiger partial charge in [0, 0.05) is 11.2 Å². The molecule has 3 rings (SSSR count). The fourth-order valence-corrected chi connectivity index (χ4v) is 2.91. The number of hydrogen-bond donors (Lipinski definition) is 1. The second-order valence-electron chi connectivity index (χ2n) is 5.64. The number of methoxy groups -OCH3 is 2. The molecule has 0 aliphatic rings. The minimum Gasteiger partial charge on any atom is -0.496 e. The van der Waals surface area contributed by atoms with E-state index in [1.807, 2.05) is 12.1 Å². The normalized spacial score (nSPS) is 10.5. The van der Waals surface area contributed by atoms with Gasteiger partial charge in [-0.2, -0.15) is 5.10 Å². The summed E-state index contributed by atoms with van der Waals surface area (Å²) >= 11 is 12.1. The molecule has 1 heterocycles. The standard InChI is InChI=1S/C19H17Cl2N3O3/c1-26-15-4-3-5-16(27-2)17(15)19(25)22-18-14(21)11-24(23-18)10-12-6-8-13(20)9-7-12/h3-9,11H,10H2,1-2H3,(H,22,23,25). The van der Waals surface area contributed by atoms with Crippen LogP contribution in [0.15, 0.2) is 48.7 Å². The number of hydrogen-bond acceptors (Lipinski definition) is 4. The third-order valence-electron chi connectivity index (χ3n) is 3.86. The van der Waals surface area contributed by atoms with Crippen molar-refractivity contribution in [2.75, 3.05) is 19.5 Å². The average Bonchev–Trinajstić information content (AvgIpc) is 3.01. The van der Waals surface area contributed by atoms with Gasteiger partial charge in [-0.05, 0) is 29.8 Å². The first-order chi connectivity index (χ1) is 13.0. The fraction of sp³-hybridized carbons (Fsp3) is 0.158. The highest BCUT2D eigenvalue weighted by molar-refractivity contribution is 6.33. The highest BCUT2D eigenvalue weighted by Crippen LogP contribution is 2.30. The van der Waals surface area contributed by atoms with Crippen LogP contribution < -0.4 is 14.8 Å². The largest absolute Gasteiger partial charge is 0.496 e. The van der Waals surface area contributed by atoms with E-state index in [2.05, 4.69) is 10.4 Å². The Morgan fingerprint density at radius 2 is 1.70 bits per heavy atom. The van der Waals surface area contributed by atoms with E-state index < -0.39 is 5.91 Å². The number of amides is 1. The summed E-state index contributed by atoms with van der Waals surface area (Å²) in [5, 5.41) is 8.04. The van der Waals surface area contributed by atoms with Crippen LogP contribution in [-0.4, -0.2) is 29.9 Å². The van der Waals surface area contributed by atoms with Crippen LogP contribution in [0.2, 0.25) is 10.0 Å². The van der Waals surface area contributed by atoms with Crippen LogP contribution in [0.25, 0.3) is 0 Å². The van der Waals surface area contributed by atoms with Crippen molar-refractivity contribution in [2.24, 2.45) is 0 Å². The molecular formula is C19H17Cl2N3O3. The van der Waals surface area contributed by atoms with Crippen LogP contribution in [0.5, 0.6) is 11.5 Å². The number of rotatable bonds is 6. The number of ether oxygens (including phenoxy) is 2. The van der Waals surface area contributed by atoms with Crippen LogP contribution in [0.1, 0.15) is 15.9 Å². The van der Waals surface area contributed by atoms with E-state index in [0.29, 0.717) is 28.1 Å². The number of carbonyl (C=O) groups is 1. The SMILES string of the molecule is COc1cccc(OC)c1C(=O)Nc1nn(Cc2ccc(Cl)cc2)cc1Cl. The summed E-state index contributed by atoms with van der Waals surface area (Å²) in [4.78, 5) is 12.7. The van der Waals surface area contributed by atoms with Gasteiger partial charge in [0.15, 0.2) is 5.82 Å². The summed E-state index contributed by atoms with van der Waals surface area (Å²) < 4.78 is 12.2. The first-order valence-corrected chi connectivity index (χ1v) is 8.77. The lowest BCUT2D eigenvalue weighted by molar-refractivity contribution is 0.102. The molecule has 2 aromatic carbocycles. The number of benzene rings is 2. The number of aromatic nitrogens is 2. The molecule has 0 unspecified atom stereocenters.